The Morgan fingerprint density at radius 3 is 3.00 bits per heavy atom. The number of imidazole rings is 1. The first-order chi connectivity index (χ1) is 7.27. The van der Waals surface area contributed by atoms with Crippen LogP contribution >= 0.6 is 0 Å². The van der Waals surface area contributed by atoms with E-state index in [1.807, 2.05) is 12.4 Å². The number of hydrogen-bond donors (Lipinski definition) is 1. The zero-order valence-electron chi connectivity index (χ0n) is 9.74. The Balaban J connectivity index is 1.73. The van der Waals surface area contributed by atoms with E-state index in [4.69, 9.17) is 0 Å². The Morgan fingerprint density at radius 2 is 2.33 bits per heavy atom. The molecule has 3 nitrogen and oxygen atoms in total. The van der Waals surface area contributed by atoms with Crippen LogP contribution in [0.25, 0.3) is 0 Å². The van der Waals surface area contributed by atoms with Gasteiger partial charge in [-0.15, -0.1) is 0 Å². The smallest absolute Gasteiger partial charge is 0.203 e. The fraction of sp³-hybridized carbons (Fsp3) is 0.750. The molecule has 0 aliphatic heterocycles. The van der Waals surface area contributed by atoms with Crippen LogP contribution < -0.4 is 5.32 Å². The number of rotatable bonds is 6. The van der Waals surface area contributed by atoms with Crippen LogP contribution in [0.15, 0.2) is 12.4 Å². The quantitative estimate of drug-likeness (QED) is 0.726. The highest BCUT2D eigenvalue weighted by Gasteiger charge is 2.20. The Bertz CT molecular complexity index is 300. The molecule has 0 spiro atoms. The van der Waals surface area contributed by atoms with Crippen molar-refractivity contribution >= 4 is 5.95 Å². The number of anilines is 1. The molecule has 1 N–H and O–H groups in total. The van der Waals surface area contributed by atoms with Crippen molar-refractivity contribution in [2.24, 2.45) is 5.92 Å². The van der Waals surface area contributed by atoms with Gasteiger partial charge >= 0.3 is 0 Å². The Labute approximate surface area is 91.9 Å². The third-order valence-electron chi connectivity index (χ3n) is 2.99. The second-order valence-electron chi connectivity index (χ2n) is 4.76. The van der Waals surface area contributed by atoms with Gasteiger partial charge in [-0.05, 0) is 32.6 Å². The van der Waals surface area contributed by atoms with Gasteiger partial charge in [0.2, 0.25) is 5.95 Å². The topological polar surface area (TPSA) is 29.9 Å². The van der Waals surface area contributed by atoms with Gasteiger partial charge in [-0.2, -0.15) is 0 Å². The number of nitrogens with zero attached hydrogens (tertiary/aromatic N) is 2. The lowest BCUT2D eigenvalue weighted by Gasteiger charge is -2.12. The van der Waals surface area contributed by atoms with Crippen molar-refractivity contribution in [3.8, 4) is 0 Å². The van der Waals surface area contributed by atoms with Crippen LogP contribution in [0, 0.1) is 5.92 Å². The lowest BCUT2D eigenvalue weighted by molar-refractivity contribution is 0.601. The first-order valence-corrected chi connectivity index (χ1v) is 6.04. The van der Waals surface area contributed by atoms with E-state index in [1.54, 1.807) is 0 Å². The first kappa shape index (κ1) is 10.5. The van der Waals surface area contributed by atoms with Crippen molar-refractivity contribution in [3.05, 3.63) is 12.4 Å². The predicted molar refractivity (Wildman–Crippen MR) is 63.1 cm³/mol. The average Bonchev–Trinajstić information content (AvgIpc) is 2.90. The summed E-state index contributed by atoms with van der Waals surface area (Å²) in [6.45, 7) is 5.41. The Morgan fingerprint density at radius 1 is 1.53 bits per heavy atom. The molecule has 0 radical (unpaired) electrons. The van der Waals surface area contributed by atoms with Gasteiger partial charge in [0.15, 0.2) is 0 Å². The molecule has 84 valence electrons. The second kappa shape index (κ2) is 4.69. The second-order valence-corrected chi connectivity index (χ2v) is 4.76. The number of nitrogens with one attached hydrogen (secondary N) is 1. The summed E-state index contributed by atoms with van der Waals surface area (Å²) < 4.78 is 2.18. The highest BCUT2D eigenvalue weighted by Crippen LogP contribution is 2.33. The maximum Gasteiger partial charge on any atom is 0.203 e. The first-order valence-electron chi connectivity index (χ1n) is 6.04. The van der Waals surface area contributed by atoms with Crippen molar-refractivity contribution in [2.45, 2.75) is 45.6 Å². The van der Waals surface area contributed by atoms with E-state index in [1.165, 1.54) is 25.7 Å². The van der Waals surface area contributed by atoms with E-state index in [-0.39, 0.29) is 0 Å². The lowest BCUT2D eigenvalue weighted by atomic mass is 10.2. The summed E-state index contributed by atoms with van der Waals surface area (Å²) in [4.78, 5) is 4.32. The molecule has 1 fully saturated rings. The molecule has 15 heavy (non-hydrogen) atoms. The van der Waals surface area contributed by atoms with Crippen LogP contribution in [0.1, 0.15) is 45.6 Å². The largest absolute Gasteiger partial charge is 0.356 e. The Hall–Kier alpha value is -0.990. The monoisotopic (exact) mass is 207 g/mol. The maximum atomic E-state index is 4.32. The minimum absolute atomic E-state index is 0.485. The van der Waals surface area contributed by atoms with Crippen LogP contribution in [0.4, 0.5) is 5.95 Å². The summed E-state index contributed by atoms with van der Waals surface area (Å²) >= 11 is 0. The molecule has 1 heterocycles. The third-order valence-corrected chi connectivity index (χ3v) is 2.99. The molecule has 1 aromatic rings. The van der Waals surface area contributed by atoms with Gasteiger partial charge in [-0.25, -0.2) is 4.98 Å². The van der Waals surface area contributed by atoms with Crippen molar-refractivity contribution < 1.29 is 0 Å². The number of aromatic nitrogens is 2. The molecule has 1 saturated carbocycles. The Kier molecular flexibility index (Phi) is 3.29. The average molecular weight is 207 g/mol. The molecular weight excluding hydrogens is 186 g/mol. The summed E-state index contributed by atoms with van der Waals surface area (Å²) in [6, 6.07) is 0.485. The van der Waals surface area contributed by atoms with Gasteiger partial charge in [0.1, 0.15) is 0 Å². The van der Waals surface area contributed by atoms with Gasteiger partial charge in [0.25, 0.3) is 0 Å². The molecule has 2 rings (SSSR count). The van der Waals surface area contributed by atoms with Gasteiger partial charge in [-0.1, -0.05) is 12.8 Å². The zero-order valence-corrected chi connectivity index (χ0v) is 9.74. The lowest BCUT2D eigenvalue weighted by Crippen LogP contribution is -2.10. The zero-order chi connectivity index (χ0) is 10.7. The fourth-order valence-corrected chi connectivity index (χ4v) is 1.86. The number of hydrogen-bond acceptors (Lipinski definition) is 2. The standard InChI is InChI=1S/C12H21N3/c1-10(2)15-9-8-14-12(15)13-7-3-4-11-5-6-11/h8-11H,3-7H2,1-2H3,(H,13,14). The SMILES string of the molecule is CC(C)n1ccnc1NCCCC1CC1. The van der Waals surface area contributed by atoms with Crippen molar-refractivity contribution in [3.63, 3.8) is 0 Å². The molecule has 1 aliphatic carbocycles. The molecule has 0 amide bonds. The van der Waals surface area contributed by atoms with Gasteiger partial charge in [-0.3, -0.25) is 0 Å². The van der Waals surface area contributed by atoms with Crippen molar-refractivity contribution in [1.29, 1.82) is 0 Å². The molecule has 0 unspecified atom stereocenters. The van der Waals surface area contributed by atoms with E-state index in [0.29, 0.717) is 6.04 Å². The minimum atomic E-state index is 0.485. The van der Waals surface area contributed by atoms with E-state index < -0.39 is 0 Å². The summed E-state index contributed by atoms with van der Waals surface area (Å²) in [5, 5.41) is 3.41. The fourth-order valence-electron chi connectivity index (χ4n) is 1.86. The van der Waals surface area contributed by atoms with E-state index in [9.17, 15) is 0 Å². The molecule has 3 heteroatoms. The molecule has 0 bridgehead atoms. The van der Waals surface area contributed by atoms with Crippen molar-refractivity contribution in [2.75, 3.05) is 11.9 Å². The summed E-state index contributed by atoms with van der Waals surface area (Å²) in [5.41, 5.74) is 0. The van der Waals surface area contributed by atoms with Crippen LogP contribution in [0.5, 0.6) is 0 Å². The third kappa shape index (κ3) is 2.98. The molecule has 1 aromatic heterocycles. The normalized spacial score (nSPS) is 15.9. The van der Waals surface area contributed by atoms with Gasteiger partial charge < -0.3 is 9.88 Å². The molecule has 0 aromatic carbocycles. The van der Waals surface area contributed by atoms with E-state index in [0.717, 1.165) is 18.4 Å². The predicted octanol–water partition coefficient (Wildman–Crippen LogP) is 3.07. The maximum absolute atomic E-state index is 4.32. The summed E-state index contributed by atoms with van der Waals surface area (Å²) in [7, 11) is 0. The van der Waals surface area contributed by atoms with Crippen LogP contribution in [0.2, 0.25) is 0 Å². The molecule has 1 aliphatic rings. The van der Waals surface area contributed by atoms with Gasteiger partial charge in [0.05, 0.1) is 0 Å². The van der Waals surface area contributed by atoms with Gasteiger partial charge in [0, 0.05) is 25.0 Å². The van der Waals surface area contributed by atoms with E-state index >= 15 is 0 Å². The van der Waals surface area contributed by atoms with E-state index in [2.05, 4.69) is 28.7 Å². The van der Waals surface area contributed by atoms with Crippen LogP contribution in [-0.4, -0.2) is 16.1 Å². The summed E-state index contributed by atoms with van der Waals surface area (Å²) in [6.07, 6.45) is 9.48. The highest BCUT2D eigenvalue weighted by molar-refractivity contribution is 5.26. The van der Waals surface area contributed by atoms with Crippen LogP contribution in [-0.2, 0) is 0 Å². The summed E-state index contributed by atoms with van der Waals surface area (Å²) in [5.74, 6) is 2.05. The molecule has 0 saturated heterocycles. The molecular formula is C12H21N3. The highest BCUT2D eigenvalue weighted by atomic mass is 15.2. The minimum Gasteiger partial charge on any atom is -0.356 e. The molecule has 0 atom stereocenters. The van der Waals surface area contributed by atoms with Crippen LogP contribution in [0.3, 0.4) is 0 Å². The van der Waals surface area contributed by atoms with Crippen molar-refractivity contribution in [1.82, 2.24) is 9.55 Å².